The van der Waals surface area contributed by atoms with Gasteiger partial charge in [0.25, 0.3) is 0 Å². The lowest BCUT2D eigenvalue weighted by Gasteiger charge is -2.02. The summed E-state index contributed by atoms with van der Waals surface area (Å²) in [5, 5.41) is 5.02. The van der Waals surface area contributed by atoms with Crippen LogP contribution < -0.4 is 0 Å². The maximum atomic E-state index is 6.39. The summed E-state index contributed by atoms with van der Waals surface area (Å²) in [6, 6.07) is 0. The number of aromatic amines is 1. The van der Waals surface area contributed by atoms with Gasteiger partial charge in [-0.25, -0.2) is 19.6 Å². The number of nitrogens with zero attached hydrogens (tertiary/aromatic N) is 5. The van der Waals surface area contributed by atoms with E-state index in [9.17, 15) is 0 Å². The molecule has 0 aromatic carbocycles. The second kappa shape index (κ2) is 5.38. The van der Waals surface area contributed by atoms with Gasteiger partial charge >= 0.3 is 0 Å². The lowest BCUT2D eigenvalue weighted by atomic mass is 10.2. The highest BCUT2D eigenvalue weighted by Gasteiger charge is 2.19. The van der Waals surface area contributed by atoms with E-state index >= 15 is 0 Å². The van der Waals surface area contributed by atoms with E-state index in [0.29, 0.717) is 28.0 Å². The summed E-state index contributed by atoms with van der Waals surface area (Å²) < 4.78 is 1.59. The van der Waals surface area contributed by atoms with E-state index in [1.807, 2.05) is 0 Å². The van der Waals surface area contributed by atoms with Crippen LogP contribution in [0.1, 0.15) is 24.6 Å². The molecule has 20 heavy (non-hydrogen) atoms. The minimum atomic E-state index is 0.325. The van der Waals surface area contributed by atoms with E-state index in [-0.39, 0.29) is 0 Å². The van der Waals surface area contributed by atoms with Crippen LogP contribution in [0.25, 0.3) is 17.0 Å². The second-order valence-electron chi connectivity index (χ2n) is 4.31. The molecule has 0 unspecified atom stereocenters. The summed E-state index contributed by atoms with van der Waals surface area (Å²) >= 11 is 12.4. The number of aromatic nitrogens is 6. The van der Waals surface area contributed by atoms with Gasteiger partial charge in [-0.2, -0.15) is 5.10 Å². The molecule has 104 valence electrons. The van der Waals surface area contributed by atoms with Gasteiger partial charge in [0.15, 0.2) is 11.5 Å². The van der Waals surface area contributed by atoms with Crippen LogP contribution in [0.2, 0.25) is 5.15 Å². The number of hydrogen-bond acceptors (Lipinski definition) is 4. The minimum Gasteiger partial charge on any atom is -0.340 e. The molecular weight excluding hydrogens is 299 g/mol. The molecule has 0 aliphatic carbocycles. The molecule has 0 amide bonds. The van der Waals surface area contributed by atoms with E-state index in [1.54, 1.807) is 11.0 Å². The zero-order chi connectivity index (χ0) is 14.1. The van der Waals surface area contributed by atoms with Gasteiger partial charge < -0.3 is 4.98 Å². The Morgan fingerprint density at radius 2 is 2.15 bits per heavy atom. The van der Waals surface area contributed by atoms with Gasteiger partial charge in [0, 0.05) is 5.56 Å². The first-order chi connectivity index (χ1) is 9.76. The van der Waals surface area contributed by atoms with Crippen LogP contribution in [0.4, 0.5) is 0 Å². The minimum absolute atomic E-state index is 0.325. The van der Waals surface area contributed by atoms with E-state index in [0.717, 1.165) is 24.1 Å². The smallest absolute Gasteiger partial charge is 0.184 e. The van der Waals surface area contributed by atoms with Crippen molar-refractivity contribution >= 4 is 34.4 Å². The van der Waals surface area contributed by atoms with Crippen LogP contribution in [0.3, 0.4) is 0 Å². The lowest BCUT2D eigenvalue weighted by molar-refractivity contribution is 0.791. The fourth-order valence-corrected chi connectivity index (χ4v) is 2.74. The first-order valence-electron chi connectivity index (χ1n) is 6.23. The topological polar surface area (TPSA) is 72.3 Å². The van der Waals surface area contributed by atoms with Crippen molar-refractivity contribution in [3.63, 3.8) is 0 Å². The highest BCUT2D eigenvalue weighted by Crippen LogP contribution is 2.27. The fraction of sp³-hybridized carbons (Fsp3) is 0.333. The summed E-state index contributed by atoms with van der Waals surface area (Å²) in [6.07, 6.45) is 4.80. The van der Waals surface area contributed by atoms with Gasteiger partial charge in [-0.05, 0) is 6.42 Å². The fourth-order valence-electron chi connectivity index (χ4n) is 2.10. The number of imidazole rings is 1. The molecule has 8 heteroatoms. The summed E-state index contributed by atoms with van der Waals surface area (Å²) in [6.45, 7) is 2.09. The standard InChI is InChI=1S/C12H12Cl2N6/c1-2-3-8-7(4-13)10(14)20(19-8)12-9-11(16-5-15-9)17-6-18-12/h5-6H,2-4H2,1H3,(H,15,16,17,18). The Kier molecular flexibility index (Phi) is 3.58. The molecule has 0 aliphatic rings. The Bertz CT molecular complexity index is 748. The highest BCUT2D eigenvalue weighted by atomic mass is 35.5. The predicted octanol–water partition coefficient (Wildman–Crippen LogP) is 2.88. The number of hydrogen-bond donors (Lipinski definition) is 1. The first-order valence-corrected chi connectivity index (χ1v) is 7.14. The summed E-state index contributed by atoms with van der Waals surface area (Å²) in [5.74, 6) is 0.900. The highest BCUT2D eigenvalue weighted by molar-refractivity contribution is 6.31. The third-order valence-corrected chi connectivity index (χ3v) is 3.68. The Morgan fingerprint density at radius 3 is 2.90 bits per heavy atom. The third kappa shape index (κ3) is 2.05. The van der Waals surface area contributed by atoms with Crippen molar-refractivity contribution in [3.8, 4) is 5.82 Å². The number of H-pyrrole nitrogens is 1. The second-order valence-corrected chi connectivity index (χ2v) is 4.94. The van der Waals surface area contributed by atoms with Crippen molar-refractivity contribution < 1.29 is 0 Å². The van der Waals surface area contributed by atoms with Crippen LogP contribution >= 0.6 is 23.2 Å². The SMILES string of the molecule is CCCc1nn(-c2ncnc3nc[nH]c23)c(Cl)c1CCl. The maximum Gasteiger partial charge on any atom is 0.184 e. The molecule has 6 nitrogen and oxygen atoms in total. The van der Waals surface area contributed by atoms with E-state index in [1.165, 1.54) is 6.33 Å². The zero-order valence-electron chi connectivity index (χ0n) is 10.8. The number of fused-ring (bicyclic) bond motifs is 1. The molecule has 0 bridgehead atoms. The molecule has 0 fully saturated rings. The zero-order valence-corrected chi connectivity index (χ0v) is 12.3. The normalized spacial score (nSPS) is 11.3. The molecule has 0 spiro atoms. The molecule has 3 heterocycles. The molecule has 3 rings (SSSR count). The van der Waals surface area contributed by atoms with Crippen LogP contribution in [-0.4, -0.2) is 29.7 Å². The Balaban J connectivity index is 2.21. The van der Waals surface area contributed by atoms with Gasteiger partial charge in [0.1, 0.15) is 17.0 Å². The quantitative estimate of drug-likeness (QED) is 0.752. The molecule has 3 aromatic rings. The first kappa shape index (κ1) is 13.3. The van der Waals surface area contributed by atoms with Gasteiger partial charge in [-0.15, -0.1) is 11.6 Å². The Hall–Kier alpha value is -1.66. The Labute approximate surface area is 125 Å². The van der Waals surface area contributed by atoms with Crippen molar-refractivity contribution in [1.29, 1.82) is 0 Å². The predicted molar refractivity (Wildman–Crippen MR) is 77.4 cm³/mol. The van der Waals surface area contributed by atoms with Crippen molar-refractivity contribution in [1.82, 2.24) is 29.7 Å². The summed E-state index contributed by atoms with van der Waals surface area (Å²) in [4.78, 5) is 15.4. The average molecular weight is 311 g/mol. The van der Waals surface area contributed by atoms with Crippen molar-refractivity contribution in [2.24, 2.45) is 0 Å². The number of alkyl halides is 1. The molecule has 0 radical (unpaired) electrons. The van der Waals surface area contributed by atoms with Gasteiger partial charge in [-0.1, -0.05) is 24.9 Å². The van der Waals surface area contributed by atoms with Gasteiger partial charge in [-0.3, -0.25) is 0 Å². The Morgan fingerprint density at radius 1 is 1.30 bits per heavy atom. The van der Waals surface area contributed by atoms with E-state index < -0.39 is 0 Å². The van der Waals surface area contributed by atoms with Gasteiger partial charge in [0.2, 0.25) is 0 Å². The largest absolute Gasteiger partial charge is 0.340 e. The van der Waals surface area contributed by atoms with Gasteiger partial charge in [0.05, 0.1) is 17.9 Å². The third-order valence-electron chi connectivity index (χ3n) is 3.03. The number of rotatable bonds is 4. The number of aryl methyl sites for hydroxylation is 1. The molecule has 1 N–H and O–H groups in total. The molecule has 0 saturated carbocycles. The monoisotopic (exact) mass is 310 g/mol. The summed E-state index contributed by atoms with van der Waals surface area (Å²) in [5.41, 5.74) is 3.02. The van der Waals surface area contributed by atoms with Crippen LogP contribution in [-0.2, 0) is 12.3 Å². The number of halogens is 2. The van der Waals surface area contributed by atoms with Crippen LogP contribution in [0.15, 0.2) is 12.7 Å². The molecule has 0 atom stereocenters. The van der Waals surface area contributed by atoms with E-state index in [2.05, 4.69) is 32.0 Å². The lowest BCUT2D eigenvalue weighted by Crippen LogP contribution is -2.02. The maximum absolute atomic E-state index is 6.39. The summed E-state index contributed by atoms with van der Waals surface area (Å²) in [7, 11) is 0. The van der Waals surface area contributed by atoms with Crippen LogP contribution in [0, 0.1) is 0 Å². The van der Waals surface area contributed by atoms with Crippen molar-refractivity contribution in [2.75, 3.05) is 0 Å². The number of nitrogens with one attached hydrogen (secondary N) is 1. The average Bonchev–Trinajstić information content (AvgIpc) is 3.03. The van der Waals surface area contributed by atoms with Crippen LogP contribution in [0.5, 0.6) is 0 Å². The molecule has 3 aromatic heterocycles. The van der Waals surface area contributed by atoms with Crippen molar-refractivity contribution in [3.05, 3.63) is 29.1 Å². The molecule has 0 saturated heterocycles. The van der Waals surface area contributed by atoms with E-state index in [4.69, 9.17) is 23.2 Å². The van der Waals surface area contributed by atoms with Crippen molar-refractivity contribution in [2.45, 2.75) is 25.6 Å². The molecule has 0 aliphatic heterocycles. The molecular formula is C12H12Cl2N6.